The standard InChI is InChI=1S/C15H19N3O/c1-10(2)12-9-8-11(15(18-12)19-4)13-6-5-7-14(16-3)17-13/h5-10H,1-4H3,(H,16,17). The van der Waals surface area contributed by atoms with Gasteiger partial charge in [-0.1, -0.05) is 19.9 Å². The Morgan fingerprint density at radius 1 is 1.11 bits per heavy atom. The molecular formula is C15H19N3O. The van der Waals surface area contributed by atoms with Crippen LogP contribution in [0.25, 0.3) is 11.3 Å². The van der Waals surface area contributed by atoms with Crippen molar-refractivity contribution in [1.29, 1.82) is 0 Å². The summed E-state index contributed by atoms with van der Waals surface area (Å²) in [6.07, 6.45) is 0. The number of nitrogens with zero attached hydrogens (tertiary/aromatic N) is 2. The van der Waals surface area contributed by atoms with Crippen molar-refractivity contribution in [3.05, 3.63) is 36.0 Å². The molecule has 0 saturated heterocycles. The Morgan fingerprint density at radius 2 is 1.89 bits per heavy atom. The molecule has 0 aliphatic rings. The molecule has 1 N–H and O–H groups in total. The van der Waals surface area contributed by atoms with Crippen LogP contribution in [0.4, 0.5) is 5.82 Å². The zero-order valence-corrected chi connectivity index (χ0v) is 11.8. The quantitative estimate of drug-likeness (QED) is 0.912. The number of hydrogen-bond donors (Lipinski definition) is 1. The number of pyridine rings is 2. The van der Waals surface area contributed by atoms with Crippen molar-refractivity contribution in [3.63, 3.8) is 0 Å². The molecule has 0 saturated carbocycles. The monoisotopic (exact) mass is 257 g/mol. The third-order valence-electron chi connectivity index (χ3n) is 2.95. The average Bonchev–Trinajstić information content (AvgIpc) is 2.46. The van der Waals surface area contributed by atoms with Gasteiger partial charge in [-0.3, -0.25) is 0 Å². The van der Waals surface area contributed by atoms with Gasteiger partial charge in [0.15, 0.2) is 0 Å². The molecule has 2 aromatic heterocycles. The number of ether oxygens (including phenoxy) is 1. The first-order chi connectivity index (χ1) is 9.15. The molecule has 4 heteroatoms. The van der Waals surface area contributed by atoms with Crippen molar-refractivity contribution in [2.24, 2.45) is 0 Å². The second-order valence-electron chi connectivity index (χ2n) is 4.61. The van der Waals surface area contributed by atoms with E-state index in [2.05, 4.69) is 29.1 Å². The van der Waals surface area contributed by atoms with Crippen LogP contribution in [-0.2, 0) is 0 Å². The molecule has 0 unspecified atom stereocenters. The van der Waals surface area contributed by atoms with E-state index in [-0.39, 0.29) is 0 Å². The summed E-state index contributed by atoms with van der Waals surface area (Å²) in [4.78, 5) is 9.05. The average molecular weight is 257 g/mol. The highest BCUT2D eigenvalue weighted by Crippen LogP contribution is 2.29. The van der Waals surface area contributed by atoms with E-state index >= 15 is 0 Å². The maximum atomic E-state index is 5.39. The summed E-state index contributed by atoms with van der Waals surface area (Å²) in [5.41, 5.74) is 2.78. The molecule has 4 nitrogen and oxygen atoms in total. The van der Waals surface area contributed by atoms with Crippen LogP contribution >= 0.6 is 0 Å². The Balaban J connectivity index is 2.49. The molecule has 0 radical (unpaired) electrons. The van der Waals surface area contributed by atoms with E-state index in [0.29, 0.717) is 11.8 Å². The SMILES string of the molecule is CNc1cccc(-c2ccc(C(C)C)nc2OC)n1. The van der Waals surface area contributed by atoms with Gasteiger partial charge in [-0.05, 0) is 30.2 Å². The molecule has 100 valence electrons. The highest BCUT2D eigenvalue weighted by molar-refractivity contribution is 5.66. The number of rotatable bonds is 4. The van der Waals surface area contributed by atoms with Crippen LogP contribution in [0.1, 0.15) is 25.5 Å². The molecule has 0 bridgehead atoms. The number of methoxy groups -OCH3 is 1. The second-order valence-corrected chi connectivity index (χ2v) is 4.61. The second kappa shape index (κ2) is 5.69. The molecule has 0 fully saturated rings. The summed E-state index contributed by atoms with van der Waals surface area (Å²) in [6, 6.07) is 9.88. The van der Waals surface area contributed by atoms with Gasteiger partial charge in [-0.2, -0.15) is 0 Å². The highest BCUT2D eigenvalue weighted by Gasteiger charge is 2.11. The van der Waals surface area contributed by atoms with Gasteiger partial charge in [0, 0.05) is 12.7 Å². The molecule has 19 heavy (non-hydrogen) atoms. The third kappa shape index (κ3) is 2.84. The number of hydrogen-bond acceptors (Lipinski definition) is 4. The van der Waals surface area contributed by atoms with Gasteiger partial charge >= 0.3 is 0 Å². The Morgan fingerprint density at radius 3 is 2.53 bits per heavy atom. The van der Waals surface area contributed by atoms with Crippen molar-refractivity contribution in [2.75, 3.05) is 19.5 Å². The maximum absolute atomic E-state index is 5.39. The molecule has 2 aromatic rings. The summed E-state index contributed by atoms with van der Waals surface area (Å²) in [5.74, 6) is 1.82. The molecular weight excluding hydrogens is 238 g/mol. The van der Waals surface area contributed by atoms with Crippen molar-refractivity contribution in [1.82, 2.24) is 9.97 Å². The first-order valence-corrected chi connectivity index (χ1v) is 6.35. The Labute approximate surface area is 113 Å². The molecule has 0 atom stereocenters. The van der Waals surface area contributed by atoms with Gasteiger partial charge in [0.25, 0.3) is 0 Å². The molecule has 2 rings (SSSR count). The maximum Gasteiger partial charge on any atom is 0.222 e. The van der Waals surface area contributed by atoms with Gasteiger partial charge in [-0.25, -0.2) is 9.97 Å². The fourth-order valence-electron chi connectivity index (χ4n) is 1.85. The minimum Gasteiger partial charge on any atom is -0.480 e. The summed E-state index contributed by atoms with van der Waals surface area (Å²) in [5, 5.41) is 3.03. The lowest BCUT2D eigenvalue weighted by Crippen LogP contribution is -1.99. The van der Waals surface area contributed by atoms with Crippen LogP contribution in [0.5, 0.6) is 5.88 Å². The molecule has 0 aliphatic carbocycles. The van der Waals surface area contributed by atoms with E-state index in [1.807, 2.05) is 37.4 Å². The zero-order valence-electron chi connectivity index (χ0n) is 11.8. The molecule has 0 amide bonds. The van der Waals surface area contributed by atoms with Gasteiger partial charge < -0.3 is 10.1 Å². The Kier molecular flexibility index (Phi) is 4.00. The largest absolute Gasteiger partial charge is 0.480 e. The van der Waals surface area contributed by atoms with Gasteiger partial charge in [0.05, 0.1) is 18.4 Å². The Hall–Kier alpha value is -2.10. The third-order valence-corrected chi connectivity index (χ3v) is 2.95. The van der Waals surface area contributed by atoms with Crippen LogP contribution in [0, 0.1) is 0 Å². The van der Waals surface area contributed by atoms with Crippen molar-refractivity contribution in [2.45, 2.75) is 19.8 Å². The molecule has 0 aliphatic heterocycles. The molecule has 2 heterocycles. The van der Waals surface area contributed by atoms with E-state index in [0.717, 1.165) is 22.8 Å². The van der Waals surface area contributed by atoms with Gasteiger partial charge in [0.2, 0.25) is 5.88 Å². The van der Waals surface area contributed by atoms with E-state index in [1.54, 1.807) is 7.11 Å². The summed E-state index contributed by atoms with van der Waals surface area (Å²) >= 11 is 0. The normalized spacial score (nSPS) is 10.6. The number of aromatic nitrogens is 2. The molecule has 0 spiro atoms. The lowest BCUT2D eigenvalue weighted by molar-refractivity contribution is 0.397. The van der Waals surface area contributed by atoms with Crippen molar-refractivity contribution < 1.29 is 4.74 Å². The lowest BCUT2D eigenvalue weighted by Gasteiger charge is -2.11. The van der Waals surface area contributed by atoms with Crippen LogP contribution in [0.15, 0.2) is 30.3 Å². The van der Waals surface area contributed by atoms with Gasteiger partial charge in [-0.15, -0.1) is 0 Å². The summed E-state index contributed by atoms with van der Waals surface area (Å²) in [6.45, 7) is 4.22. The van der Waals surface area contributed by atoms with Crippen molar-refractivity contribution >= 4 is 5.82 Å². The van der Waals surface area contributed by atoms with E-state index in [1.165, 1.54) is 0 Å². The lowest BCUT2D eigenvalue weighted by atomic mass is 10.1. The van der Waals surface area contributed by atoms with E-state index in [4.69, 9.17) is 4.74 Å². The molecule has 0 aromatic carbocycles. The zero-order chi connectivity index (χ0) is 13.8. The van der Waals surface area contributed by atoms with E-state index < -0.39 is 0 Å². The van der Waals surface area contributed by atoms with Crippen LogP contribution in [-0.4, -0.2) is 24.1 Å². The van der Waals surface area contributed by atoms with E-state index in [9.17, 15) is 0 Å². The fraction of sp³-hybridized carbons (Fsp3) is 0.333. The van der Waals surface area contributed by atoms with Gasteiger partial charge in [0.1, 0.15) is 5.82 Å². The first kappa shape index (κ1) is 13.3. The van der Waals surface area contributed by atoms with Crippen LogP contribution in [0.2, 0.25) is 0 Å². The minimum atomic E-state index is 0.375. The first-order valence-electron chi connectivity index (χ1n) is 6.35. The number of nitrogens with one attached hydrogen (secondary N) is 1. The predicted octanol–water partition coefficient (Wildman–Crippen LogP) is 3.32. The van der Waals surface area contributed by atoms with Crippen LogP contribution in [0.3, 0.4) is 0 Å². The topological polar surface area (TPSA) is 47.0 Å². The Bertz CT molecular complexity index is 567. The minimum absolute atomic E-state index is 0.375. The predicted molar refractivity (Wildman–Crippen MR) is 77.7 cm³/mol. The van der Waals surface area contributed by atoms with Crippen LogP contribution < -0.4 is 10.1 Å². The highest BCUT2D eigenvalue weighted by atomic mass is 16.5. The fourth-order valence-corrected chi connectivity index (χ4v) is 1.85. The summed E-state index contributed by atoms with van der Waals surface area (Å²) < 4.78 is 5.39. The summed E-state index contributed by atoms with van der Waals surface area (Å²) in [7, 11) is 3.49. The van der Waals surface area contributed by atoms with Crippen molar-refractivity contribution in [3.8, 4) is 17.1 Å². The number of anilines is 1. The smallest absolute Gasteiger partial charge is 0.222 e.